The van der Waals surface area contributed by atoms with Crippen LogP contribution in [0.3, 0.4) is 0 Å². The highest BCUT2D eigenvalue weighted by Crippen LogP contribution is 2.36. The molecule has 2 atom stereocenters. The Bertz CT molecular complexity index is 516. The summed E-state index contributed by atoms with van der Waals surface area (Å²) in [5.74, 6) is 0.923. The number of aromatic nitrogens is 1. The summed E-state index contributed by atoms with van der Waals surface area (Å²) in [4.78, 5) is 17.0. The number of hydrogen-bond acceptors (Lipinski definition) is 5. The van der Waals surface area contributed by atoms with E-state index in [1.807, 2.05) is 6.92 Å². The summed E-state index contributed by atoms with van der Waals surface area (Å²) in [5, 5.41) is 2.95. The van der Waals surface area contributed by atoms with Crippen LogP contribution >= 0.6 is 0 Å². The van der Waals surface area contributed by atoms with Gasteiger partial charge in [-0.05, 0) is 38.2 Å². The molecule has 24 heavy (non-hydrogen) atoms. The van der Waals surface area contributed by atoms with Crippen LogP contribution in [-0.2, 0) is 14.3 Å². The molecule has 0 aliphatic heterocycles. The van der Waals surface area contributed by atoms with Crippen molar-refractivity contribution in [2.24, 2.45) is 5.92 Å². The monoisotopic (exact) mass is 336 g/mol. The maximum atomic E-state index is 12.8. The zero-order valence-corrected chi connectivity index (χ0v) is 14.8. The Hall–Kier alpha value is -1.66. The van der Waals surface area contributed by atoms with E-state index in [1.54, 1.807) is 25.4 Å². The highest BCUT2D eigenvalue weighted by atomic mass is 16.5. The number of hydrogen-bond donors (Lipinski definition) is 1. The number of carbonyl (C=O) groups is 1. The number of ether oxygens (including phenoxy) is 3. The molecule has 0 spiro atoms. The van der Waals surface area contributed by atoms with E-state index in [0.717, 1.165) is 25.7 Å². The molecule has 6 heteroatoms. The summed E-state index contributed by atoms with van der Waals surface area (Å²) in [5.41, 5.74) is -0.0727. The Balaban J connectivity index is 1.98. The molecule has 0 unspecified atom stereocenters. The largest absolute Gasteiger partial charge is 0.475 e. The van der Waals surface area contributed by atoms with Crippen LogP contribution in [0.1, 0.15) is 39.5 Å². The van der Waals surface area contributed by atoms with E-state index in [-0.39, 0.29) is 5.91 Å². The van der Waals surface area contributed by atoms with Gasteiger partial charge in [-0.25, -0.2) is 4.98 Å². The predicted molar refractivity (Wildman–Crippen MR) is 92.2 cm³/mol. The quantitative estimate of drug-likeness (QED) is 0.739. The standard InChI is InChI=1S/C18H28N2O4/c1-4-24-18(9-5-6-14(2)12-18)17(21)20-15-7-8-16(19-13-15)23-11-10-22-3/h7-8,13-14H,4-6,9-12H2,1-3H3,(H,20,21)/t14-,18-/m1/s1. The van der Waals surface area contributed by atoms with Gasteiger partial charge in [0, 0.05) is 19.8 Å². The van der Waals surface area contributed by atoms with Gasteiger partial charge in [0.25, 0.3) is 5.91 Å². The highest BCUT2D eigenvalue weighted by Gasteiger charge is 2.42. The van der Waals surface area contributed by atoms with Crippen LogP contribution in [0.15, 0.2) is 18.3 Å². The summed E-state index contributed by atoms with van der Waals surface area (Å²) in [6.45, 7) is 5.59. The Morgan fingerprint density at radius 2 is 2.25 bits per heavy atom. The molecule has 0 saturated heterocycles. The van der Waals surface area contributed by atoms with E-state index in [9.17, 15) is 4.79 Å². The van der Waals surface area contributed by atoms with Crippen molar-refractivity contribution in [2.45, 2.75) is 45.1 Å². The first-order valence-electron chi connectivity index (χ1n) is 8.63. The fraction of sp³-hybridized carbons (Fsp3) is 0.667. The van der Waals surface area contributed by atoms with Crippen LogP contribution in [0.2, 0.25) is 0 Å². The molecule has 1 N–H and O–H groups in total. The van der Waals surface area contributed by atoms with Crippen molar-refractivity contribution in [1.29, 1.82) is 0 Å². The Kier molecular flexibility index (Phi) is 6.99. The van der Waals surface area contributed by atoms with E-state index in [4.69, 9.17) is 14.2 Å². The average Bonchev–Trinajstić information content (AvgIpc) is 2.57. The smallest absolute Gasteiger partial charge is 0.256 e. The molecular weight excluding hydrogens is 308 g/mol. The van der Waals surface area contributed by atoms with Crippen molar-refractivity contribution in [3.8, 4) is 5.88 Å². The van der Waals surface area contributed by atoms with Crippen molar-refractivity contribution in [2.75, 3.05) is 32.2 Å². The van der Waals surface area contributed by atoms with Crippen molar-refractivity contribution in [1.82, 2.24) is 4.98 Å². The van der Waals surface area contributed by atoms with Gasteiger partial charge in [-0.15, -0.1) is 0 Å². The second kappa shape index (κ2) is 8.99. The van der Waals surface area contributed by atoms with Gasteiger partial charge in [0.2, 0.25) is 5.88 Å². The van der Waals surface area contributed by atoms with Crippen molar-refractivity contribution < 1.29 is 19.0 Å². The van der Waals surface area contributed by atoms with Crippen molar-refractivity contribution in [3.05, 3.63) is 18.3 Å². The van der Waals surface area contributed by atoms with Gasteiger partial charge in [-0.1, -0.05) is 13.3 Å². The molecule has 0 bridgehead atoms. The van der Waals surface area contributed by atoms with Gasteiger partial charge >= 0.3 is 0 Å². The number of pyridine rings is 1. The van der Waals surface area contributed by atoms with Gasteiger partial charge < -0.3 is 19.5 Å². The second-order valence-corrected chi connectivity index (χ2v) is 6.31. The predicted octanol–water partition coefficient (Wildman–Crippen LogP) is 3.03. The van der Waals surface area contributed by atoms with Gasteiger partial charge in [0.15, 0.2) is 0 Å². The minimum Gasteiger partial charge on any atom is -0.475 e. The molecule has 1 amide bonds. The maximum Gasteiger partial charge on any atom is 0.256 e. The summed E-state index contributed by atoms with van der Waals surface area (Å²) < 4.78 is 16.2. The van der Waals surface area contributed by atoms with Gasteiger partial charge in [-0.3, -0.25) is 4.79 Å². The van der Waals surface area contributed by atoms with Crippen molar-refractivity contribution in [3.63, 3.8) is 0 Å². The molecule has 1 fully saturated rings. The normalized spacial score (nSPS) is 23.7. The van der Waals surface area contributed by atoms with Crippen LogP contribution in [0.4, 0.5) is 5.69 Å². The number of carbonyl (C=O) groups excluding carboxylic acids is 1. The summed E-state index contributed by atoms with van der Waals surface area (Å²) in [6.07, 6.45) is 5.29. The number of nitrogens with one attached hydrogen (secondary N) is 1. The molecule has 1 saturated carbocycles. The van der Waals surface area contributed by atoms with Crippen LogP contribution in [0, 0.1) is 5.92 Å². The first-order valence-corrected chi connectivity index (χ1v) is 8.63. The molecule has 0 radical (unpaired) electrons. The summed E-state index contributed by atoms with van der Waals surface area (Å²) in [6, 6.07) is 3.53. The molecule has 134 valence electrons. The van der Waals surface area contributed by atoms with Gasteiger partial charge in [-0.2, -0.15) is 0 Å². The van der Waals surface area contributed by atoms with Crippen molar-refractivity contribution >= 4 is 11.6 Å². The van der Waals surface area contributed by atoms with E-state index in [1.165, 1.54) is 0 Å². The Morgan fingerprint density at radius 1 is 1.42 bits per heavy atom. The van der Waals surface area contributed by atoms with E-state index >= 15 is 0 Å². The second-order valence-electron chi connectivity index (χ2n) is 6.31. The zero-order chi connectivity index (χ0) is 17.4. The SMILES string of the molecule is CCO[C@]1(C(=O)Nc2ccc(OCCOC)nc2)CCC[C@@H](C)C1. The topological polar surface area (TPSA) is 69.7 Å². The molecule has 1 aromatic heterocycles. The average molecular weight is 336 g/mol. The summed E-state index contributed by atoms with van der Waals surface area (Å²) in [7, 11) is 1.62. The fourth-order valence-electron chi connectivity index (χ4n) is 3.20. The molecule has 1 aliphatic rings. The lowest BCUT2D eigenvalue weighted by Gasteiger charge is -2.38. The first-order chi connectivity index (χ1) is 11.6. The highest BCUT2D eigenvalue weighted by molar-refractivity contribution is 5.97. The number of amides is 1. The minimum absolute atomic E-state index is 0.0780. The molecule has 2 rings (SSSR count). The lowest BCUT2D eigenvalue weighted by molar-refractivity contribution is -0.147. The lowest BCUT2D eigenvalue weighted by atomic mass is 9.78. The summed E-state index contributed by atoms with van der Waals surface area (Å²) >= 11 is 0. The molecule has 1 heterocycles. The van der Waals surface area contributed by atoms with Gasteiger partial charge in [0.1, 0.15) is 12.2 Å². The first kappa shape index (κ1) is 18.7. The Morgan fingerprint density at radius 3 is 2.88 bits per heavy atom. The zero-order valence-electron chi connectivity index (χ0n) is 14.8. The van der Waals surface area contributed by atoms with E-state index in [2.05, 4.69) is 17.2 Å². The van der Waals surface area contributed by atoms with Crippen LogP contribution in [0.5, 0.6) is 5.88 Å². The number of methoxy groups -OCH3 is 1. The van der Waals surface area contributed by atoms with Gasteiger partial charge in [0.05, 0.1) is 18.5 Å². The number of nitrogens with zero attached hydrogens (tertiary/aromatic N) is 1. The van der Waals surface area contributed by atoms with Crippen LogP contribution < -0.4 is 10.1 Å². The van der Waals surface area contributed by atoms with Crippen LogP contribution in [0.25, 0.3) is 0 Å². The third-order valence-electron chi connectivity index (χ3n) is 4.32. The molecular formula is C18H28N2O4. The third kappa shape index (κ3) is 4.92. The Labute approximate surface area is 143 Å². The van der Waals surface area contributed by atoms with Crippen LogP contribution in [-0.4, -0.2) is 43.4 Å². The fourth-order valence-corrected chi connectivity index (χ4v) is 3.20. The lowest BCUT2D eigenvalue weighted by Crippen LogP contribution is -2.48. The minimum atomic E-state index is -0.722. The number of rotatable bonds is 8. The van der Waals surface area contributed by atoms with E-state index < -0.39 is 5.60 Å². The molecule has 6 nitrogen and oxygen atoms in total. The molecule has 0 aromatic carbocycles. The maximum absolute atomic E-state index is 12.8. The number of anilines is 1. The third-order valence-corrected chi connectivity index (χ3v) is 4.32. The molecule has 1 aliphatic carbocycles. The van der Waals surface area contributed by atoms with E-state index in [0.29, 0.717) is 37.3 Å². The molecule has 1 aromatic rings.